The van der Waals surface area contributed by atoms with Gasteiger partial charge in [0.1, 0.15) is 18.9 Å². The summed E-state index contributed by atoms with van der Waals surface area (Å²) in [6.45, 7) is 0.384. The minimum atomic E-state index is -0.817. The Morgan fingerprint density at radius 1 is 1.17 bits per heavy atom. The Labute approximate surface area is 172 Å². The van der Waals surface area contributed by atoms with E-state index in [0.717, 1.165) is 57.5 Å². The summed E-state index contributed by atoms with van der Waals surface area (Å²) in [5.41, 5.74) is 3.93. The Morgan fingerprint density at radius 2 is 2.07 bits per heavy atom. The number of carboxylic acids is 1. The number of hydrogen-bond donors (Lipinski definition) is 1. The summed E-state index contributed by atoms with van der Waals surface area (Å²) in [4.78, 5) is 17.2. The first-order valence-electron chi connectivity index (χ1n) is 9.66. The van der Waals surface area contributed by atoms with Crippen LogP contribution in [0, 0.1) is 0 Å². The average Bonchev–Trinajstić information content (AvgIpc) is 3.05. The lowest BCUT2D eigenvalue weighted by molar-refractivity contribution is -0.137. The molecule has 0 radical (unpaired) electrons. The number of hydrogen-bond acceptors (Lipinski definition) is 4. The Morgan fingerprint density at radius 3 is 2.97 bits per heavy atom. The number of pyridine rings is 1. The molecule has 6 heteroatoms. The number of rotatable bonds is 5. The van der Waals surface area contributed by atoms with Crippen LogP contribution in [0.1, 0.15) is 17.8 Å². The number of thioether (sulfide) groups is 1. The Kier molecular flexibility index (Phi) is 4.64. The molecule has 29 heavy (non-hydrogen) atoms. The van der Waals surface area contributed by atoms with Crippen molar-refractivity contribution in [1.29, 1.82) is 0 Å². The van der Waals surface area contributed by atoms with Crippen molar-refractivity contribution in [3.8, 4) is 5.75 Å². The molecule has 3 heterocycles. The maximum atomic E-state index is 11.4. The van der Waals surface area contributed by atoms with Gasteiger partial charge in [0.25, 0.3) is 0 Å². The number of fused-ring (bicyclic) bond motifs is 4. The molecule has 4 aromatic rings. The summed E-state index contributed by atoms with van der Waals surface area (Å²) < 4.78 is 7.97. The molecule has 0 aliphatic carbocycles. The molecule has 2 aromatic carbocycles. The van der Waals surface area contributed by atoms with Gasteiger partial charge in [0.2, 0.25) is 0 Å². The number of aliphatic carboxylic acids is 1. The Balaban J connectivity index is 1.45. The number of benzene rings is 2. The first kappa shape index (κ1) is 18.1. The van der Waals surface area contributed by atoms with Crippen LogP contribution < -0.4 is 4.74 Å². The van der Waals surface area contributed by atoms with Gasteiger partial charge in [-0.3, -0.25) is 4.79 Å². The van der Waals surface area contributed by atoms with Crippen molar-refractivity contribution in [1.82, 2.24) is 9.55 Å². The van der Waals surface area contributed by atoms with Crippen molar-refractivity contribution >= 4 is 39.5 Å². The summed E-state index contributed by atoms with van der Waals surface area (Å²) in [6, 6.07) is 18.0. The lowest BCUT2D eigenvalue weighted by Crippen LogP contribution is -2.13. The van der Waals surface area contributed by atoms with Crippen LogP contribution >= 0.6 is 11.8 Å². The van der Waals surface area contributed by atoms with E-state index in [2.05, 4.69) is 11.1 Å². The van der Waals surface area contributed by atoms with Crippen LogP contribution in [0.15, 0.2) is 59.5 Å². The summed E-state index contributed by atoms with van der Waals surface area (Å²) in [5.74, 6) is 1.02. The molecule has 0 atom stereocenters. The van der Waals surface area contributed by atoms with Crippen LogP contribution in [0.3, 0.4) is 0 Å². The van der Waals surface area contributed by atoms with Gasteiger partial charge >= 0.3 is 5.97 Å². The lowest BCUT2D eigenvalue weighted by Gasteiger charge is -2.14. The first-order chi connectivity index (χ1) is 14.2. The normalized spacial score (nSPS) is 13.5. The molecule has 1 N–H and O–H groups in total. The van der Waals surface area contributed by atoms with Gasteiger partial charge in [-0.15, -0.1) is 11.8 Å². The smallest absolute Gasteiger partial charge is 0.323 e. The quantitative estimate of drug-likeness (QED) is 0.513. The molecule has 1 aliphatic rings. The van der Waals surface area contributed by atoms with Crippen molar-refractivity contribution in [3.63, 3.8) is 0 Å². The summed E-state index contributed by atoms with van der Waals surface area (Å²) in [5, 5.41) is 11.5. The molecular formula is C23H20N2O3S. The molecule has 1 aliphatic heterocycles. The molecule has 2 aromatic heterocycles. The second kappa shape index (κ2) is 7.44. The molecule has 0 unspecified atom stereocenters. The Hall–Kier alpha value is -2.99. The van der Waals surface area contributed by atoms with Crippen molar-refractivity contribution in [2.24, 2.45) is 0 Å². The lowest BCUT2D eigenvalue weighted by atomic mass is 10.2. The maximum Gasteiger partial charge on any atom is 0.323 e. The number of carboxylic acid groups (broad SMARTS) is 1. The second-order valence-electron chi connectivity index (χ2n) is 7.17. The largest absolute Gasteiger partial charge is 0.487 e. The third-order valence-corrected chi connectivity index (χ3v) is 6.47. The average molecular weight is 404 g/mol. The highest BCUT2D eigenvalue weighted by Gasteiger charge is 2.22. The molecule has 5 rings (SSSR count). The topological polar surface area (TPSA) is 64.3 Å². The van der Waals surface area contributed by atoms with Crippen LogP contribution in [0.5, 0.6) is 5.75 Å². The fraction of sp³-hybridized carbons (Fsp3) is 0.217. The van der Waals surface area contributed by atoms with E-state index >= 15 is 0 Å². The number of nitrogens with zero attached hydrogens (tertiary/aromatic N) is 2. The van der Waals surface area contributed by atoms with Gasteiger partial charge in [-0.2, -0.15) is 0 Å². The van der Waals surface area contributed by atoms with E-state index in [-0.39, 0.29) is 6.54 Å². The van der Waals surface area contributed by atoms with E-state index < -0.39 is 5.97 Å². The fourth-order valence-corrected chi connectivity index (χ4v) is 5.12. The van der Waals surface area contributed by atoms with Crippen molar-refractivity contribution in [2.75, 3.05) is 5.75 Å². The Bertz CT molecular complexity index is 1230. The standard InChI is InChI=1S/C23H20N2O3S/c26-22(27)13-25-20-10-9-17(12-18(20)23-21(25)6-3-11-29-23)28-14-16-8-7-15-4-1-2-5-19(15)24-16/h1-2,4-5,7-10,12H,3,6,11,13-14H2,(H,26,27). The predicted molar refractivity (Wildman–Crippen MR) is 115 cm³/mol. The molecule has 0 fully saturated rings. The fourth-order valence-electron chi connectivity index (χ4n) is 3.93. The van der Waals surface area contributed by atoms with Gasteiger partial charge in [0.15, 0.2) is 0 Å². The van der Waals surface area contributed by atoms with Gasteiger partial charge < -0.3 is 14.4 Å². The second-order valence-corrected chi connectivity index (χ2v) is 8.28. The minimum Gasteiger partial charge on any atom is -0.487 e. The van der Waals surface area contributed by atoms with Crippen LogP contribution in [0.25, 0.3) is 21.8 Å². The summed E-state index contributed by atoms with van der Waals surface area (Å²) >= 11 is 1.81. The van der Waals surface area contributed by atoms with Crippen molar-refractivity contribution in [3.05, 3.63) is 66.0 Å². The molecule has 146 valence electrons. The third-order valence-electron chi connectivity index (χ3n) is 5.23. The minimum absolute atomic E-state index is 0.00634. The highest BCUT2D eigenvalue weighted by atomic mass is 32.2. The maximum absolute atomic E-state index is 11.4. The number of para-hydroxylation sites is 1. The zero-order valence-corrected chi connectivity index (χ0v) is 16.6. The monoisotopic (exact) mass is 404 g/mol. The first-order valence-corrected chi connectivity index (χ1v) is 10.6. The van der Waals surface area contributed by atoms with E-state index in [4.69, 9.17) is 4.74 Å². The molecule has 0 amide bonds. The van der Waals surface area contributed by atoms with Crippen LogP contribution in [-0.2, 0) is 24.4 Å². The predicted octanol–water partition coefficient (Wildman–Crippen LogP) is 4.89. The zero-order valence-electron chi connectivity index (χ0n) is 15.8. The number of aromatic nitrogens is 2. The van der Waals surface area contributed by atoms with Crippen molar-refractivity contribution in [2.45, 2.75) is 30.9 Å². The zero-order chi connectivity index (χ0) is 19.8. The number of carbonyl (C=O) groups is 1. The molecular weight excluding hydrogens is 384 g/mol. The van der Waals surface area contributed by atoms with Crippen molar-refractivity contribution < 1.29 is 14.6 Å². The highest BCUT2D eigenvalue weighted by molar-refractivity contribution is 7.99. The summed E-state index contributed by atoms with van der Waals surface area (Å²) in [6.07, 6.45) is 1.99. The van der Waals surface area contributed by atoms with Crippen LogP contribution in [-0.4, -0.2) is 26.4 Å². The molecule has 0 spiro atoms. The SMILES string of the molecule is O=C(O)Cn1c2c(c3cc(OCc4ccc5ccccc5n4)ccc31)SCCC2. The molecule has 0 bridgehead atoms. The van der Waals surface area contributed by atoms with Gasteiger partial charge in [-0.1, -0.05) is 24.3 Å². The molecule has 0 saturated carbocycles. The van der Waals surface area contributed by atoms with Gasteiger partial charge in [0.05, 0.1) is 16.7 Å². The number of ether oxygens (including phenoxy) is 1. The van der Waals surface area contributed by atoms with Gasteiger partial charge in [-0.05, 0) is 48.9 Å². The van der Waals surface area contributed by atoms with Crippen LogP contribution in [0.2, 0.25) is 0 Å². The molecule has 0 saturated heterocycles. The van der Waals surface area contributed by atoms with E-state index in [1.54, 1.807) is 0 Å². The summed E-state index contributed by atoms with van der Waals surface area (Å²) in [7, 11) is 0. The van der Waals surface area contributed by atoms with Gasteiger partial charge in [0, 0.05) is 21.4 Å². The van der Waals surface area contributed by atoms with E-state index in [1.807, 2.05) is 64.9 Å². The van der Waals surface area contributed by atoms with Gasteiger partial charge in [-0.25, -0.2) is 4.98 Å². The third kappa shape index (κ3) is 3.44. The highest BCUT2D eigenvalue weighted by Crippen LogP contribution is 2.40. The van der Waals surface area contributed by atoms with E-state index in [9.17, 15) is 9.90 Å². The van der Waals surface area contributed by atoms with E-state index in [0.29, 0.717) is 6.61 Å². The van der Waals surface area contributed by atoms with E-state index in [1.165, 1.54) is 4.90 Å². The molecule has 5 nitrogen and oxygen atoms in total. The van der Waals surface area contributed by atoms with Crippen LogP contribution in [0.4, 0.5) is 0 Å².